The largest absolute Gasteiger partial charge is 0.497 e. The Balaban J connectivity index is 2.41. The van der Waals surface area contributed by atoms with Crippen molar-refractivity contribution in [1.82, 2.24) is 0 Å². The van der Waals surface area contributed by atoms with Crippen molar-refractivity contribution in [2.75, 3.05) is 13.7 Å². The maximum absolute atomic E-state index is 8.44. The number of nitrogens with two attached hydrogens (primary N) is 1. The molecular weight excluding hydrogens is 192 g/mol. The molecule has 15 heavy (non-hydrogen) atoms. The Morgan fingerprint density at radius 2 is 2.33 bits per heavy atom. The summed E-state index contributed by atoms with van der Waals surface area (Å²) in [6, 6.07) is 8.92. The second-order valence-electron chi connectivity index (χ2n) is 3.10. The van der Waals surface area contributed by atoms with E-state index in [0.717, 1.165) is 11.3 Å². The van der Waals surface area contributed by atoms with Crippen LogP contribution in [-0.4, -0.2) is 19.8 Å². The summed E-state index contributed by atoms with van der Waals surface area (Å²) in [6.07, 6.45) is 0. The third-order valence-electron chi connectivity index (χ3n) is 1.87. The van der Waals surface area contributed by atoms with Crippen LogP contribution in [0, 0.1) is 11.3 Å². The number of hydrogen-bond acceptors (Lipinski definition) is 4. The summed E-state index contributed by atoms with van der Waals surface area (Å²) in [5.74, 6) is 0.792. The van der Waals surface area contributed by atoms with Gasteiger partial charge in [0.25, 0.3) is 0 Å². The molecule has 0 bridgehead atoms. The second-order valence-corrected chi connectivity index (χ2v) is 3.10. The predicted molar refractivity (Wildman–Crippen MR) is 56.2 cm³/mol. The van der Waals surface area contributed by atoms with Crippen LogP contribution in [-0.2, 0) is 11.3 Å². The molecule has 0 saturated carbocycles. The minimum atomic E-state index is -0.560. The Bertz CT molecular complexity index is 347. The Morgan fingerprint density at radius 1 is 1.53 bits per heavy atom. The smallest absolute Gasteiger partial charge is 0.119 e. The molecule has 0 fully saturated rings. The van der Waals surface area contributed by atoms with Gasteiger partial charge < -0.3 is 15.2 Å². The summed E-state index contributed by atoms with van der Waals surface area (Å²) in [4.78, 5) is 0. The Labute approximate surface area is 89.2 Å². The van der Waals surface area contributed by atoms with Crippen molar-refractivity contribution in [3.63, 3.8) is 0 Å². The van der Waals surface area contributed by atoms with Gasteiger partial charge >= 0.3 is 0 Å². The highest BCUT2D eigenvalue weighted by Gasteiger charge is 2.00. The van der Waals surface area contributed by atoms with Crippen molar-refractivity contribution in [2.45, 2.75) is 12.6 Å². The fourth-order valence-electron chi connectivity index (χ4n) is 1.10. The highest BCUT2D eigenvalue weighted by molar-refractivity contribution is 5.27. The fraction of sp³-hybridized carbons (Fsp3) is 0.364. The molecule has 4 nitrogen and oxygen atoms in total. The van der Waals surface area contributed by atoms with Crippen molar-refractivity contribution < 1.29 is 9.47 Å². The lowest BCUT2D eigenvalue weighted by atomic mass is 10.2. The number of nitrogens with zero attached hydrogens (tertiary/aromatic N) is 1. The van der Waals surface area contributed by atoms with Crippen molar-refractivity contribution in [3.8, 4) is 11.8 Å². The number of methoxy groups -OCH3 is 1. The summed E-state index contributed by atoms with van der Waals surface area (Å²) >= 11 is 0. The van der Waals surface area contributed by atoms with E-state index in [0.29, 0.717) is 6.61 Å². The lowest BCUT2D eigenvalue weighted by Crippen LogP contribution is -2.23. The van der Waals surface area contributed by atoms with E-state index in [9.17, 15) is 0 Å². The van der Waals surface area contributed by atoms with Crippen LogP contribution in [0.2, 0.25) is 0 Å². The Hall–Kier alpha value is -1.57. The zero-order chi connectivity index (χ0) is 11.1. The van der Waals surface area contributed by atoms with Gasteiger partial charge in [0, 0.05) is 0 Å². The van der Waals surface area contributed by atoms with Crippen molar-refractivity contribution in [1.29, 1.82) is 5.26 Å². The maximum atomic E-state index is 8.44. The minimum Gasteiger partial charge on any atom is -0.497 e. The Morgan fingerprint density at radius 3 is 3.00 bits per heavy atom. The summed E-state index contributed by atoms with van der Waals surface area (Å²) in [6.45, 7) is 0.681. The molecule has 1 aromatic rings. The van der Waals surface area contributed by atoms with Crippen molar-refractivity contribution >= 4 is 0 Å². The summed E-state index contributed by atoms with van der Waals surface area (Å²) in [5.41, 5.74) is 6.38. The molecule has 0 unspecified atom stereocenters. The van der Waals surface area contributed by atoms with Gasteiger partial charge in [0.1, 0.15) is 11.8 Å². The van der Waals surface area contributed by atoms with E-state index in [1.807, 2.05) is 30.3 Å². The molecule has 1 atom stereocenters. The number of ether oxygens (including phenoxy) is 2. The van der Waals surface area contributed by atoms with Crippen LogP contribution in [0.3, 0.4) is 0 Å². The molecule has 0 aliphatic heterocycles. The first-order valence-electron chi connectivity index (χ1n) is 4.62. The van der Waals surface area contributed by atoms with Crippen molar-refractivity contribution in [3.05, 3.63) is 29.8 Å². The van der Waals surface area contributed by atoms with E-state index >= 15 is 0 Å². The van der Waals surface area contributed by atoms with Gasteiger partial charge in [0.15, 0.2) is 0 Å². The fourth-order valence-corrected chi connectivity index (χ4v) is 1.10. The molecule has 0 saturated heterocycles. The Kier molecular flexibility index (Phi) is 4.61. The zero-order valence-corrected chi connectivity index (χ0v) is 8.64. The number of hydrogen-bond donors (Lipinski definition) is 1. The standard InChI is InChI=1S/C11H14N2O2/c1-14-11-4-2-3-9(5-11)7-15-8-10(13)6-12/h2-5,10H,7-8,13H2,1H3/t10-/m1/s1. The highest BCUT2D eigenvalue weighted by atomic mass is 16.5. The van der Waals surface area contributed by atoms with Crippen LogP contribution in [0.25, 0.3) is 0 Å². The average Bonchev–Trinajstić information content (AvgIpc) is 2.29. The van der Waals surface area contributed by atoms with E-state index < -0.39 is 6.04 Å². The van der Waals surface area contributed by atoms with E-state index in [2.05, 4.69) is 0 Å². The lowest BCUT2D eigenvalue weighted by Gasteiger charge is -2.06. The molecular formula is C11H14N2O2. The van der Waals surface area contributed by atoms with Crippen LogP contribution < -0.4 is 10.5 Å². The van der Waals surface area contributed by atoms with Crippen LogP contribution in [0.4, 0.5) is 0 Å². The normalized spacial score (nSPS) is 11.8. The molecule has 2 N–H and O–H groups in total. The molecule has 4 heteroatoms. The SMILES string of the molecule is COc1cccc(COC[C@H](N)C#N)c1. The molecule has 0 aromatic heterocycles. The first-order valence-corrected chi connectivity index (χ1v) is 4.62. The van der Waals surface area contributed by atoms with Gasteiger partial charge in [0.2, 0.25) is 0 Å². The number of nitriles is 1. The highest BCUT2D eigenvalue weighted by Crippen LogP contribution is 2.13. The second kappa shape index (κ2) is 6.02. The summed E-state index contributed by atoms with van der Waals surface area (Å²) in [5, 5.41) is 8.44. The summed E-state index contributed by atoms with van der Waals surface area (Å²) < 4.78 is 10.3. The monoisotopic (exact) mass is 206 g/mol. The molecule has 1 rings (SSSR count). The molecule has 80 valence electrons. The van der Waals surface area contributed by atoms with Gasteiger partial charge in [-0.2, -0.15) is 5.26 Å². The molecule has 0 radical (unpaired) electrons. The lowest BCUT2D eigenvalue weighted by molar-refractivity contribution is 0.117. The van der Waals surface area contributed by atoms with Crippen LogP contribution in [0.5, 0.6) is 5.75 Å². The summed E-state index contributed by atoms with van der Waals surface area (Å²) in [7, 11) is 1.62. The molecule has 0 amide bonds. The predicted octanol–water partition coefficient (Wildman–Crippen LogP) is 1.06. The molecule has 0 spiro atoms. The van der Waals surface area contributed by atoms with Crippen LogP contribution in [0.15, 0.2) is 24.3 Å². The van der Waals surface area contributed by atoms with Gasteiger partial charge in [-0.05, 0) is 17.7 Å². The number of benzene rings is 1. The zero-order valence-electron chi connectivity index (χ0n) is 8.64. The van der Waals surface area contributed by atoms with Gasteiger partial charge in [0.05, 0.1) is 26.4 Å². The topological polar surface area (TPSA) is 68.3 Å². The first kappa shape index (κ1) is 11.5. The van der Waals surface area contributed by atoms with Crippen molar-refractivity contribution in [2.24, 2.45) is 5.73 Å². The van der Waals surface area contributed by atoms with E-state index in [-0.39, 0.29) is 6.61 Å². The van der Waals surface area contributed by atoms with E-state index in [4.69, 9.17) is 20.5 Å². The molecule has 0 aliphatic carbocycles. The third-order valence-corrected chi connectivity index (χ3v) is 1.87. The van der Waals surface area contributed by atoms with E-state index in [1.54, 1.807) is 7.11 Å². The number of rotatable bonds is 5. The minimum absolute atomic E-state index is 0.244. The first-order chi connectivity index (χ1) is 7.26. The maximum Gasteiger partial charge on any atom is 0.119 e. The quantitative estimate of drug-likeness (QED) is 0.782. The van der Waals surface area contributed by atoms with Gasteiger partial charge in [-0.3, -0.25) is 0 Å². The van der Waals surface area contributed by atoms with E-state index in [1.165, 1.54) is 0 Å². The molecule has 0 aliphatic rings. The molecule has 1 aromatic carbocycles. The van der Waals surface area contributed by atoms with Gasteiger partial charge in [-0.25, -0.2) is 0 Å². The van der Waals surface area contributed by atoms with Gasteiger partial charge in [-0.15, -0.1) is 0 Å². The molecule has 0 heterocycles. The average molecular weight is 206 g/mol. The van der Waals surface area contributed by atoms with Gasteiger partial charge in [-0.1, -0.05) is 12.1 Å². The third kappa shape index (κ3) is 3.98. The van der Waals surface area contributed by atoms with Crippen LogP contribution >= 0.6 is 0 Å². The van der Waals surface area contributed by atoms with Crippen LogP contribution in [0.1, 0.15) is 5.56 Å².